The van der Waals surface area contributed by atoms with Crippen LogP contribution in [0.1, 0.15) is 52.4 Å². The second-order valence-electron chi connectivity index (χ2n) is 5.60. The van der Waals surface area contributed by atoms with E-state index in [2.05, 4.69) is 16.3 Å². The fourth-order valence-electron chi connectivity index (χ4n) is 2.88. The maximum absolute atomic E-state index is 11.6. The lowest BCUT2D eigenvalue weighted by molar-refractivity contribution is 0.0976. The van der Waals surface area contributed by atoms with Crippen molar-refractivity contribution in [3.63, 3.8) is 0 Å². The van der Waals surface area contributed by atoms with Crippen molar-refractivity contribution in [2.75, 3.05) is 26.2 Å². The topological polar surface area (TPSA) is 65.4 Å². The van der Waals surface area contributed by atoms with Crippen molar-refractivity contribution < 1.29 is 9.53 Å². The summed E-state index contributed by atoms with van der Waals surface area (Å²) >= 11 is 0. The van der Waals surface area contributed by atoms with E-state index in [1.807, 2.05) is 13.8 Å². The van der Waals surface area contributed by atoms with Crippen molar-refractivity contribution in [3.05, 3.63) is 0 Å². The minimum atomic E-state index is -0.258. The molecule has 0 bridgehead atoms. The summed E-state index contributed by atoms with van der Waals surface area (Å²) in [4.78, 5) is 13.8. The largest absolute Gasteiger partial charge is 0.449 e. The summed E-state index contributed by atoms with van der Waals surface area (Å²) in [7, 11) is 0. The molecule has 0 radical (unpaired) electrons. The van der Waals surface area contributed by atoms with E-state index < -0.39 is 0 Å². The quantitative estimate of drug-likeness (QED) is 0.810. The molecule has 0 aromatic carbocycles. The van der Waals surface area contributed by atoms with Crippen LogP contribution in [0.15, 0.2) is 0 Å². The molecule has 0 aromatic rings. The Morgan fingerprint density at radius 1 is 1.24 bits per heavy atom. The van der Waals surface area contributed by atoms with Gasteiger partial charge in [-0.1, -0.05) is 26.7 Å². The summed E-state index contributed by atoms with van der Waals surface area (Å²) in [5, 5.41) is 11.6. The number of nitriles is 1. The summed E-state index contributed by atoms with van der Waals surface area (Å²) in [6.07, 6.45) is 6.36. The number of carbonyl (C=O) groups excluding carboxylic acids is 1. The molecule has 2 aliphatic rings. The highest BCUT2D eigenvalue weighted by Gasteiger charge is 2.21. The molecule has 1 aliphatic heterocycles. The Labute approximate surface area is 128 Å². The Balaban J connectivity index is 0.00000106. The van der Waals surface area contributed by atoms with Crippen molar-refractivity contribution in [3.8, 4) is 6.07 Å². The molecule has 2 rings (SSSR count). The van der Waals surface area contributed by atoms with Crippen LogP contribution < -0.4 is 5.32 Å². The zero-order chi connectivity index (χ0) is 15.5. The van der Waals surface area contributed by atoms with Crippen LogP contribution in [0.4, 0.5) is 4.79 Å². The molecular weight excluding hydrogens is 266 g/mol. The number of nitrogens with zero attached hydrogens (tertiary/aromatic N) is 2. The van der Waals surface area contributed by atoms with Gasteiger partial charge in [-0.25, -0.2) is 4.79 Å². The Morgan fingerprint density at radius 3 is 2.43 bits per heavy atom. The summed E-state index contributed by atoms with van der Waals surface area (Å²) < 4.78 is 5.31. The average Bonchev–Trinajstić information content (AvgIpc) is 3.02. The number of amides is 1. The van der Waals surface area contributed by atoms with Crippen LogP contribution in [0.5, 0.6) is 0 Å². The Bertz CT molecular complexity index is 327. The third-order valence-corrected chi connectivity index (χ3v) is 4.13. The number of hydrogen-bond donors (Lipinski definition) is 1. The molecule has 21 heavy (non-hydrogen) atoms. The third-order valence-electron chi connectivity index (χ3n) is 4.13. The molecule has 1 aliphatic carbocycles. The molecule has 1 saturated heterocycles. The first kappa shape index (κ1) is 17.8. The molecule has 5 nitrogen and oxygen atoms in total. The molecule has 0 atom stereocenters. The number of carbonyl (C=O) groups is 1. The van der Waals surface area contributed by atoms with Crippen molar-refractivity contribution in [2.45, 2.75) is 58.4 Å². The van der Waals surface area contributed by atoms with Crippen LogP contribution in [0.25, 0.3) is 0 Å². The third kappa shape index (κ3) is 6.81. The Hall–Kier alpha value is -1.28. The number of piperidine rings is 1. The second kappa shape index (κ2) is 10.4. The zero-order valence-corrected chi connectivity index (χ0v) is 13.4. The summed E-state index contributed by atoms with van der Waals surface area (Å²) in [5.74, 6) is 0.448. The number of alkyl carbamates (subject to hydrolysis) is 1. The van der Waals surface area contributed by atoms with Gasteiger partial charge in [-0.3, -0.25) is 4.90 Å². The van der Waals surface area contributed by atoms with Crippen molar-refractivity contribution in [1.82, 2.24) is 10.2 Å². The first-order valence-electron chi connectivity index (χ1n) is 8.30. The summed E-state index contributed by atoms with van der Waals surface area (Å²) in [6, 6.07) is 2.50. The van der Waals surface area contributed by atoms with Gasteiger partial charge in [0.15, 0.2) is 0 Å². The van der Waals surface area contributed by atoms with Gasteiger partial charge in [0.25, 0.3) is 0 Å². The van der Waals surface area contributed by atoms with E-state index in [4.69, 9.17) is 10.00 Å². The SMILES string of the molecule is CC.N#CCN1CCC(COC(=O)NC2CCCC2)CC1. The van der Waals surface area contributed by atoms with Gasteiger partial charge in [0.2, 0.25) is 0 Å². The van der Waals surface area contributed by atoms with Crippen LogP contribution in [-0.4, -0.2) is 43.3 Å². The fraction of sp³-hybridized carbons (Fsp3) is 0.875. The van der Waals surface area contributed by atoms with Crippen molar-refractivity contribution >= 4 is 6.09 Å². The van der Waals surface area contributed by atoms with E-state index in [9.17, 15) is 4.79 Å². The van der Waals surface area contributed by atoms with Gasteiger partial charge in [-0.05, 0) is 44.7 Å². The van der Waals surface area contributed by atoms with Gasteiger partial charge in [0.1, 0.15) is 0 Å². The highest BCUT2D eigenvalue weighted by Crippen LogP contribution is 2.19. The lowest BCUT2D eigenvalue weighted by Gasteiger charge is -2.29. The standard InChI is InChI=1S/C14H23N3O2.C2H6/c15-7-10-17-8-5-12(6-9-17)11-19-14(18)16-13-3-1-2-4-13;1-2/h12-13H,1-6,8-11H2,(H,16,18);1-2H3. The predicted octanol–water partition coefficient (Wildman–Crippen LogP) is 2.92. The lowest BCUT2D eigenvalue weighted by Crippen LogP contribution is -2.37. The molecule has 1 saturated carbocycles. The first-order valence-corrected chi connectivity index (χ1v) is 8.30. The minimum Gasteiger partial charge on any atom is -0.449 e. The van der Waals surface area contributed by atoms with Gasteiger partial charge >= 0.3 is 6.09 Å². The van der Waals surface area contributed by atoms with E-state index >= 15 is 0 Å². The number of hydrogen-bond acceptors (Lipinski definition) is 4. The van der Waals surface area contributed by atoms with Crippen LogP contribution in [0.3, 0.4) is 0 Å². The number of likely N-dealkylation sites (tertiary alicyclic amines) is 1. The van der Waals surface area contributed by atoms with Gasteiger partial charge in [-0.2, -0.15) is 5.26 Å². The lowest BCUT2D eigenvalue weighted by atomic mass is 9.98. The van der Waals surface area contributed by atoms with Gasteiger partial charge in [0, 0.05) is 6.04 Å². The zero-order valence-electron chi connectivity index (χ0n) is 13.4. The van der Waals surface area contributed by atoms with Crippen LogP contribution >= 0.6 is 0 Å². The van der Waals surface area contributed by atoms with E-state index in [0.717, 1.165) is 38.8 Å². The number of ether oxygens (including phenoxy) is 1. The van der Waals surface area contributed by atoms with Gasteiger partial charge in [-0.15, -0.1) is 0 Å². The molecule has 0 aromatic heterocycles. The summed E-state index contributed by atoms with van der Waals surface area (Å²) in [5.41, 5.74) is 0. The molecule has 1 heterocycles. The highest BCUT2D eigenvalue weighted by atomic mass is 16.5. The normalized spacial score (nSPS) is 20.2. The molecule has 5 heteroatoms. The maximum atomic E-state index is 11.6. The van der Waals surface area contributed by atoms with Crippen molar-refractivity contribution in [2.24, 2.45) is 5.92 Å². The van der Waals surface area contributed by atoms with Crippen LogP contribution in [-0.2, 0) is 4.74 Å². The molecule has 2 fully saturated rings. The average molecular weight is 295 g/mol. The van der Waals surface area contributed by atoms with E-state index in [-0.39, 0.29) is 6.09 Å². The molecule has 0 spiro atoms. The van der Waals surface area contributed by atoms with E-state index in [1.165, 1.54) is 12.8 Å². The summed E-state index contributed by atoms with van der Waals surface area (Å²) in [6.45, 7) is 6.90. The Morgan fingerprint density at radius 2 is 1.86 bits per heavy atom. The molecule has 0 unspecified atom stereocenters. The van der Waals surface area contributed by atoms with E-state index in [0.29, 0.717) is 25.1 Å². The predicted molar refractivity (Wildman–Crippen MR) is 82.9 cm³/mol. The maximum Gasteiger partial charge on any atom is 0.407 e. The van der Waals surface area contributed by atoms with Crippen molar-refractivity contribution in [1.29, 1.82) is 5.26 Å². The fourth-order valence-corrected chi connectivity index (χ4v) is 2.88. The minimum absolute atomic E-state index is 0.258. The number of nitrogens with one attached hydrogen (secondary N) is 1. The monoisotopic (exact) mass is 295 g/mol. The number of rotatable bonds is 4. The van der Waals surface area contributed by atoms with Crippen LogP contribution in [0.2, 0.25) is 0 Å². The first-order chi connectivity index (χ1) is 10.3. The van der Waals surface area contributed by atoms with E-state index in [1.54, 1.807) is 0 Å². The molecule has 1 N–H and O–H groups in total. The van der Waals surface area contributed by atoms with Gasteiger partial charge < -0.3 is 10.1 Å². The molecule has 120 valence electrons. The Kier molecular flexibility index (Phi) is 8.84. The van der Waals surface area contributed by atoms with Gasteiger partial charge in [0.05, 0.1) is 19.2 Å². The second-order valence-corrected chi connectivity index (χ2v) is 5.60. The smallest absolute Gasteiger partial charge is 0.407 e. The van der Waals surface area contributed by atoms with Crippen LogP contribution in [0, 0.1) is 17.2 Å². The highest BCUT2D eigenvalue weighted by molar-refractivity contribution is 5.67. The molecule has 1 amide bonds. The molecular formula is C16H29N3O2.